The van der Waals surface area contributed by atoms with Crippen LogP contribution in [0, 0.1) is 13.8 Å². The number of nitrogens with zero attached hydrogens (tertiary/aromatic N) is 1. The number of hydrogen-bond donors (Lipinski definition) is 4. The van der Waals surface area contributed by atoms with Gasteiger partial charge in [-0.3, -0.25) is 9.59 Å². The first-order valence-corrected chi connectivity index (χ1v) is 9.46. The average Bonchev–Trinajstić information content (AvgIpc) is 2.75. The van der Waals surface area contributed by atoms with Crippen molar-refractivity contribution < 1.29 is 9.59 Å². The normalized spacial score (nSPS) is 10.3. The topological polar surface area (TPSA) is 116 Å². The summed E-state index contributed by atoms with van der Waals surface area (Å²) in [7, 11) is 0. The van der Waals surface area contributed by atoms with Crippen molar-refractivity contribution in [2.75, 3.05) is 5.32 Å². The minimum absolute atomic E-state index is 0.0631. The zero-order valence-corrected chi connectivity index (χ0v) is 16.8. The SMILES string of the molecule is Cc1n[nH]c(=O)c(CNC(=O)Nc2cccc(C(=O)NCc3ccccc3)c2)c1C. The molecule has 0 spiro atoms. The average molecular weight is 405 g/mol. The molecule has 8 heteroatoms. The van der Waals surface area contributed by atoms with Gasteiger partial charge in [0.2, 0.25) is 0 Å². The van der Waals surface area contributed by atoms with Crippen LogP contribution in [-0.2, 0) is 13.1 Å². The van der Waals surface area contributed by atoms with Crippen molar-refractivity contribution in [3.05, 3.63) is 92.9 Å². The van der Waals surface area contributed by atoms with Crippen molar-refractivity contribution in [2.24, 2.45) is 0 Å². The molecule has 0 saturated heterocycles. The van der Waals surface area contributed by atoms with Crippen molar-refractivity contribution in [3.63, 3.8) is 0 Å². The van der Waals surface area contributed by atoms with E-state index in [0.29, 0.717) is 29.1 Å². The van der Waals surface area contributed by atoms with Crippen molar-refractivity contribution in [1.82, 2.24) is 20.8 Å². The molecule has 0 saturated carbocycles. The highest BCUT2D eigenvalue weighted by atomic mass is 16.2. The molecule has 3 amide bonds. The number of carbonyl (C=O) groups is 2. The van der Waals surface area contributed by atoms with Crippen LogP contribution in [0.25, 0.3) is 0 Å². The predicted octanol–water partition coefficient (Wildman–Crippen LogP) is 2.64. The van der Waals surface area contributed by atoms with Crippen LogP contribution in [0.5, 0.6) is 0 Å². The molecule has 0 unspecified atom stereocenters. The second-order valence-corrected chi connectivity index (χ2v) is 6.80. The molecule has 4 N–H and O–H groups in total. The van der Waals surface area contributed by atoms with Gasteiger partial charge in [-0.05, 0) is 43.2 Å². The highest BCUT2D eigenvalue weighted by molar-refractivity contribution is 5.96. The molecule has 30 heavy (non-hydrogen) atoms. The molecular formula is C22H23N5O3. The fourth-order valence-corrected chi connectivity index (χ4v) is 2.85. The van der Waals surface area contributed by atoms with Crippen LogP contribution < -0.4 is 21.5 Å². The van der Waals surface area contributed by atoms with Gasteiger partial charge in [0, 0.05) is 23.4 Å². The fourth-order valence-electron chi connectivity index (χ4n) is 2.85. The number of aromatic nitrogens is 2. The lowest BCUT2D eigenvalue weighted by Gasteiger charge is -2.11. The Kier molecular flexibility index (Phi) is 6.59. The van der Waals surface area contributed by atoms with Gasteiger partial charge in [0.1, 0.15) is 0 Å². The fraction of sp³-hybridized carbons (Fsp3) is 0.182. The molecule has 2 aromatic carbocycles. The first-order valence-electron chi connectivity index (χ1n) is 9.46. The molecule has 1 aromatic heterocycles. The Hall–Kier alpha value is -3.94. The number of hydrogen-bond acceptors (Lipinski definition) is 4. The van der Waals surface area contributed by atoms with Crippen molar-refractivity contribution >= 4 is 17.6 Å². The third kappa shape index (κ3) is 5.32. The number of nitrogens with one attached hydrogen (secondary N) is 4. The number of rotatable bonds is 6. The molecule has 0 aliphatic rings. The van der Waals surface area contributed by atoms with Gasteiger partial charge in [0.15, 0.2) is 0 Å². The van der Waals surface area contributed by atoms with Crippen LogP contribution in [0.2, 0.25) is 0 Å². The Morgan fingerprint density at radius 2 is 1.73 bits per heavy atom. The third-order valence-electron chi connectivity index (χ3n) is 4.70. The summed E-state index contributed by atoms with van der Waals surface area (Å²) in [5.41, 5.74) is 3.44. The van der Waals surface area contributed by atoms with Crippen LogP contribution in [0.4, 0.5) is 10.5 Å². The first-order chi connectivity index (χ1) is 14.4. The van der Waals surface area contributed by atoms with E-state index in [-0.39, 0.29) is 18.0 Å². The zero-order chi connectivity index (χ0) is 21.5. The molecule has 154 valence electrons. The second kappa shape index (κ2) is 9.51. The van der Waals surface area contributed by atoms with E-state index in [0.717, 1.165) is 11.1 Å². The molecule has 0 aliphatic heterocycles. The van der Waals surface area contributed by atoms with Gasteiger partial charge in [0.25, 0.3) is 11.5 Å². The minimum Gasteiger partial charge on any atom is -0.348 e. The largest absolute Gasteiger partial charge is 0.348 e. The highest BCUT2D eigenvalue weighted by Gasteiger charge is 2.11. The van der Waals surface area contributed by atoms with Crippen LogP contribution in [-0.4, -0.2) is 22.1 Å². The van der Waals surface area contributed by atoms with E-state index in [2.05, 4.69) is 26.1 Å². The van der Waals surface area contributed by atoms with Crippen molar-refractivity contribution in [2.45, 2.75) is 26.9 Å². The van der Waals surface area contributed by atoms with E-state index >= 15 is 0 Å². The summed E-state index contributed by atoms with van der Waals surface area (Å²) < 4.78 is 0. The van der Waals surface area contributed by atoms with Gasteiger partial charge in [-0.15, -0.1) is 0 Å². The number of amides is 3. The Bertz CT molecular complexity index is 1110. The quantitative estimate of drug-likeness (QED) is 0.504. The van der Waals surface area contributed by atoms with E-state index in [1.807, 2.05) is 30.3 Å². The van der Waals surface area contributed by atoms with Crippen molar-refractivity contribution in [1.29, 1.82) is 0 Å². The van der Waals surface area contributed by atoms with Gasteiger partial charge < -0.3 is 16.0 Å². The standard InChI is InChI=1S/C22H23N5O3/c1-14-15(2)26-27-21(29)19(14)13-24-22(30)25-18-10-6-9-17(11-18)20(28)23-12-16-7-4-3-5-8-16/h3-11H,12-13H2,1-2H3,(H,23,28)(H,27,29)(H2,24,25,30). The van der Waals surface area contributed by atoms with Gasteiger partial charge in [0.05, 0.1) is 12.2 Å². The Morgan fingerprint density at radius 1 is 0.967 bits per heavy atom. The summed E-state index contributed by atoms with van der Waals surface area (Å²) >= 11 is 0. The molecule has 3 rings (SSSR count). The molecule has 0 fully saturated rings. The Balaban J connectivity index is 1.58. The molecule has 0 radical (unpaired) electrons. The Labute approximate surface area is 173 Å². The summed E-state index contributed by atoms with van der Waals surface area (Å²) in [6.45, 7) is 4.04. The van der Waals surface area contributed by atoms with E-state index < -0.39 is 6.03 Å². The van der Waals surface area contributed by atoms with Crippen LogP contribution in [0.15, 0.2) is 59.4 Å². The van der Waals surface area contributed by atoms with Crippen molar-refractivity contribution in [3.8, 4) is 0 Å². The Morgan fingerprint density at radius 3 is 2.50 bits per heavy atom. The molecule has 8 nitrogen and oxygen atoms in total. The lowest BCUT2D eigenvalue weighted by molar-refractivity contribution is 0.0951. The van der Waals surface area contributed by atoms with Crippen LogP contribution in [0.3, 0.4) is 0 Å². The smallest absolute Gasteiger partial charge is 0.319 e. The lowest BCUT2D eigenvalue weighted by Crippen LogP contribution is -2.32. The summed E-state index contributed by atoms with van der Waals surface area (Å²) in [5.74, 6) is -0.239. The van der Waals surface area contributed by atoms with E-state index in [4.69, 9.17) is 0 Å². The number of aromatic amines is 1. The first kappa shape index (κ1) is 20.8. The minimum atomic E-state index is -0.481. The number of anilines is 1. The van der Waals surface area contributed by atoms with Gasteiger partial charge in [-0.2, -0.15) is 5.10 Å². The maximum absolute atomic E-state index is 12.4. The highest BCUT2D eigenvalue weighted by Crippen LogP contribution is 2.11. The van der Waals surface area contributed by atoms with Crippen LogP contribution in [0.1, 0.15) is 32.7 Å². The van der Waals surface area contributed by atoms with E-state index in [9.17, 15) is 14.4 Å². The van der Waals surface area contributed by atoms with E-state index in [1.165, 1.54) is 0 Å². The third-order valence-corrected chi connectivity index (χ3v) is 4.70. The zero-order valence-electron chi connectivity index (χ0n) is 16.8. The molecule has 0 bridgehead atoms. The molecule has 0 aliphatic carbocycles. The lowest BCUT2D eigenvalue weighted by atomic mass is 10.1. The van der Waals surface area contributed by atoms with Crippen LogP contribution >= 0.6 is 0 Å². The maximum atomic E-state index is 12.4. The molecule has 1 heterocycles. The number of benzene rings is 2. The summed E-state index contributed by atoms with van der Waals surface area (Å²) in [6.07, 6.45) is 0. The number of urea groups is 1. The van der Waals surface area contributed by atoms with E-state index in [1.54, 1.807) is 38.1 Å². The number of H-pyrrole nitrogens is 1. The predicted molar refractivity (Wildman–Crippen MR) is 114 cm³/mol. The van der Waals surface area contributed by atoms with Gasteiger partial charge >= 0.3 is 6.03 Å². The molecule has 0 atom stereocenters. The summed E-state index contributed by atoms with van der Waals surface area (Å²) in [6, 6.07) is 15.8. The maximum Gasteiger partial charge on any atom is 0.319 e. The number of carbonyl (C=O) groups excluding carboxylic acids is 2. The molecule has 3 aromatic rings. The van der Waals surface area contributed by atoms with Gasteiger partial charge in [-0.25, -0.2) is 9.89 Å². The summed E-state index contributed by atoms with van der Waals surface area (Å²) in [4.78, 5) is 36.5. The second-order valence-electron chi connectivity index (χ2n) is 6.80. The number of aryl methyl sites for hydroxylation is 1. The van der Waals surface area contributed by atoms with Gasteiger partial charge in [-0.1, -0.05) is 36.4 Å². The summed E-state index contributed by atoms with van der Waals surface area (Å²) in [5, 5.41) is 14.5. The molecular weight excluding hydrogens is 382 g/mol. The monoisotopic (exact) mass is 405 g/mol.